The van der Waals surface area contributed by atoms with Crippen molar-refractivity contribution in [3.8, 4) is 0 Å². The van der Waals surface area contributed by atoms with E-state index in [4.69, 9.17) is 0 Å². The zero-order valence-electron chi connectivity index (χ0n) is 13.4. The van der Waals surface area contributed by atoms with E-state index in [2.05, 4.69) is 11.4 Å². The summed E-state index contributed by atoms with van der Waals surface area (Å²) in [6.07, 6.45) is 1.16. The highest BCUT2D eigenvalue weighted by Crippen LogP contribution is 2.22. The average molecular weight is 324 g/mol. The van der Waals surface area contributed by atoms with Gasteiger partial charge in [-0.1, -0.05) is 6.07 Å². The summed E-state index contributed by atoms with van der Waals surface area (Å²) < 4.78 is 25.1. The van der Waals surface area contributed by atoms with E-state index >= 15 is 0 Å². The molecule has 1 fully saturated rings. The van der Waals surface area contributed by atoms with E-state index in [1.807, 2.05) is 26.0 Å². The quantitative estimate of drug-likeness (QED) is 0.924. The van der Waals surface area contributed by atoms with Crippen molar-refractivity contribution in [1.29, 1.82) is 0 Å². The van der Waals surface area contributed by atoms with Crippen LogP contribution in [0.2, 0.25) is 0 Å². The van der Waals surface area contributed by atoms with E-state index in [0.29, 0.717) is 25.9 Å². The van der Waals surface area contributed by atoms with Gasteiger partial charge < -0.3 is 5.32 Å². The number of anilines is 1. The fourth-order valence-corrected chi connectivity index (χ4v) is 4.00. The summed E-state index contributed by atoms with van der Waals surface area (Å²) in [6, 6.07) is 5.95. The fraction of sp³-hybridized carbons (Fsp3) is 0.562. The third kappa shape index (κ3) is 4.08. The van der Waals surface area contributed by atoms with E-state index in [1.54, 1.807) is 6.92 Å². The number of piperidine rings is 1. The van der Waals surface area contributed by atoms with Crippen LogP contribution in [0.15, 0.2) is 18.2 Å². The van der Waals surface area contributed by atoms with Gasteiger partial charge in [0, 0.05) is 24.7 Å². The van der Waals surface area contributed by atoms with Gasteiger partial charge in [0.25, 0.3) is 0 Å². The van der Waals surface area contributed by atoms with Crippen LogP contribution in [0.3, 0.4) is 0 Å². The van der Waals surface area contributed by atoms with Crippen molar-refractivity contribution in [1.82, 2.24) is 4.31 Å². The van der Waals surface area contributed by atoms with Crippen molar-refractivity contribution >= 4 is 21.6 Å². The first kappa shape index (κ1) is 17.0. The van der Waals surface area contributed by atoms with Crippen LogP contribution in [-0.2, 0) is 14.8 Å². The van der Waals surface area contributed by atoms with Crippen molar-refractivity contribution < 1.29 is 13.2 Å². The first-order chi connectivity index (χ1) is 10.3. The number of nitrogens with one attached hydrogen (secondary N) is 1. The third-order valence-electron chi connectivity index (χ3n) is 4.07. The molecule has 0 unspecified atom stereocenters. The molecule has 0 atom stereocenters. The van der Waals surface area contributed by atoms with Gasteiger partial charge in [0.05, 0.1) is 5.75 Å². The van der Waals surface area contributed by atoms with Gasteiger partial charge in [0.2, 0.25) is 15.9 Å². The molecule has 1 saturated heterocycles. The molecule has 1 aromatic rings. The van der Waals surface area contributed by atoms with Gasteiger partial charge >= 0.3 is 0 Å². The number of benzene rings is 1. The molecule has 0 aliphatic carbocycles. The minimum absolute atomic E-state index is 0.0152. The summed E-state index contributed by atoms with van der Waals surface area (Å²) in [6.45, 7) is 6.50. The zero-order chi connectivity index (χ0) is 16.3. The van der Waals surface area contributed by atoms with Crippen LogP contribution in [0.4, 0.5) is 5.69 Å². The normalized spacial score (nSPS) is 17.4. The Bertz CT molecular complexity index is 627. The summed E-state index contributed by atoms with van der Waals surface area (Å²) in [5.41, 5.74) is 3.03. The number of rotatable bonds is 4. The molecule has 6 heteroatoms. The summed E-state index contributed by atoms with van der Waals surface area (Å²) in [5, 5.41) is 2.95. The summed E-state index contributed by atoms with van der Waals surface area (Å²) >= 11 is 0. The highest BCUT2D eigenvalue weighted by atomic mass is 32.2. The van der Waals surface area contributed by atoms with E-state index < -0.39 is 10.0 Å². The minimum atomic E-state index is -3.14. The van der Waals surface area contributed by atoms with Gasteiger partial charge in [0.15, 0.2) is 0 Å². The molecule has 22 heavy (non-hydrogen) atoms. The number of carbonyl (C=O) groups excluding carboxylic acids is 1. The Labute approximate surface area is 132 Å². The Morgan fingerprint density at radius 1 is 1.18 bits per heavy atom. The second kappa shape index (κ2) is 6.79. The van der Waals surface area contributed by atoms with Crippen LogP contribution in [0.25, 0.3) is 0 Å². The third-order valence-corrected chi connectivity index (χ3v) is 5.95. The van der Waals surface area contributed by atoms with Crippen LogP contribution in [0.5, 0.6) is 0 Å². The molecule has 1 aromatic carbocycles. The molecule has 1 heterocycles. The van der Waals surface area contributed by atoms with Gasteiger partial charge in [-0.3, -0.25) is 4.79 Å². The minimum Gasteiger partial charge on any atom is -0.326 e. The Balaban J connectivity index is 1.95. The van der Waals surface area contributed by atoms with Crippen LogP contribution in [0, 0.1) is 19.8 Å². The maximum absolute atomic E-state index is 12.3. The maximum Gasteiger partial charge on any atom is 0.227 e. The Hall–Kier alpha value is -1.40. The molecule has 0 aromatic heterocycles. The average Bonchev–Trinajstić information content (AvgIpc) is 2.46. The van der Waals surface area contributed by atoms with Crippen molar-refractivity contribution in [3.63, 3.8) is 0 Å². The van der Waals surface area contributed by atoms with Gasteiger partial charge in [0.1, 0.15) is 0 Å². The molecule has 1 amide bonds. The van der Waals surface area contributed by atoms with Crippen LogP contribution in [0.1, 0.15) is 30.9 Å². The lowest BCUT2D eigenvalue weighted by atomic mass is 9.97. The molecule has 5 nitrogen and oxygen atoms in total. The van der Waals surface area contributed by atoms with E-state index in [-0.39, 0.29) is 17.6 Å². The number of sulfonamides is 1. The SMILES string of the molecule is CCS(=O)(=O)N1CCC(C(=O)Nc2cc(C)cc(C)c2)CC1. The lowest BCUT2D eigenvalue weighted by Crippen LogP contribution is -2.42. The lowest BCUT2D eigenvalue weighted by Gasteiger charge is -2.30. The fourth-order valence-electron chi connectivity index (χ4n) is 2.87. The maximum atomic E-state index is 12.3. The highest BCUT2D eigenvalue weighted by molar-refractivity contribution is 7.89. The molecule has 2 rings (SSSR count). The summed E-state index contributed by atoms with van der Waals surface area (Å²) in [4.78, 5) is 12.3. The van der Waals surface area contributed by atoms with E-state index in [1.165, 1.54) is 4.31 Å². The topological polar surface area (TPSA) is 66.5 Å². The number of nitrogens with zero attached hydrogens (tertiary/aromatic N) is 1. The predicted octanol–water partition coefficient (Wildman–Crippen LogP) is 2.30. The number of carbonyl (C=O) groups is 1. The molecular formula is C16H24N2O3S. The Morgan fingerprint density at radius 2 is 1.73 bits per heavy atom. The monoisotopic (exact) mass is 324 g/mol. The van der Waals surface area contributed by atoms with Crippen molar-refractivity contribution in [2.24, 2.45) is 5.92 Å². The molecule has 0 saturated carbocycles. The predicted molar refractivity (Wildman–Crippen MR) is 88.3 cm³/mol. The summed E-state index contributed by atoms with van der Waals surface area (Å²) in [5.74, 6) is -0.0189. The zero-order valence-corrected chi connectivity index (χ0v) is 14.2. The molecule has 122 valence electrons. The number of hydrogen-bond acceptors (Lipinski definition) is 3. The second-order valence-electron chi connectivity index (χ2n) is 5.94. The van der Waals surface area contributed by atoms with E-state index in [9.17, 15) is 13.2 Å². The van der Waals surface area contributed by atoms with Crippen LogP contribution >= 0.6 is 0 Å². The largest absolute Gasteiger partial charge is 0.326 e. The van der Waals surface area contributed by atoms with Crippen molar-refractivity contribution in [2.75, 3.05) is 24.2 Å². The standard InChI is InChI=1S/C16H24N2O3S/c1-4-22(20,21)18-7-5-14(6-8-18)16(19)17-15-10-12(2)9-13(3)11-15/h9-11,14H,4-8H2,1-3H3,(H,17,19). The molecule has 1 aliphatic rings. The molecule has 0 bridgehead atoms. The van der Waals surface area contributed by atoms with Gasteiger partial charge in [-0.25, -0.2) is 12.7 Å². The van der Waals surface area contributed by atoms with Crippen molar-refractivity contribution in [3.05, 3.63) is 29.3 Å². The number of amides is 1. The van der Waals surface area contributed by atoms with Crippen LogP contribution in [-0.4, -0.2) is 37.5 Å². The molecule has 0 radical (unpaired) electrons. The highest BCUT2D eigenvalue weighted by Gasteiger charge is 2.30. The Morgan fingerprint density at radius 3 is 2.23 bits per heavy atom. The Kier molecular flexibility index (Phi) is 5.24. The lowest BCUT2D eigenvalue weighted by molar-refractivity contribution is -0.120. The smallest absolute Gasteiger partial charge is 0.227 e. The molecule has 1 N–H and O–H groups in total. The van der Waals surface area contributed by atoms with Crippen LogP contribution < -0.4 is 5.32 Å². The number of aryl methyl sites for hydroxylation is 2. The first-order valence-corrected chi connectivity index (χ1v) is 9.29. The summed E-state index contributed by atoms with van der Waals surface area (Å²) in [7, 11) is -3.14. The van der Waals surface area contributed by atoms with Gasteiger partial charge in [-0.2, -0.15) is 0 Å². The first-order valence-electron chi connectivity index (χ1n) is 7.69. The van der Waals surface area contributed by atoms with Crippen molar-refractivity contribution in [2.45, 2.75) is 33.6 Å². The second-order valence-corrected chi connectivity index (χ2v) is 8.20. The van der Waals surface area contributed by atoms with Gasteiger partial charge in [-0.05, 0) is 56.9 Å². The van der Waals surface area contributed by atoms with E-state index in [0.717, 1.165) is 16.8 Å². The molecule has 0 spiro atoms. The molecular weight excluding hydrogens is 300 g/mol. The molecule has 1 aliphatic heterocycles. The number of hydrogen-bond donors (Lipinski definition) is 1. The van der Waals surface area contributed by atoms with Gasteiger partial charge in [-0.15, -0.1) is 0 Å².